The Balaban J connectivity index is 1.60. The molecule has 178 valence electrons. The number of para-hydroxylation sites is 1. The lowest BCUT2D eigenvalue weighted by molar-refractivity contribution is 0.0220. The fourth-order valence-electron chi connectivity index (χ4n) is 4.40. The van der Waals surface area contributed by atoms with E-state index in [1.165, 1.54) is 6.07 Å². The summed E-state index contributed by atoms with van der Waals surface area (Å²) in [4.78, 5) is 14.5. The number of furan rings is 1. The zero-order valence-electron chi connectivity index (χ0n) is 19.4. The highest BCUT2D eigenvalue weighted by molar-refractivity contribution is 7.91. The average Bonchev–Trinajstić information content (AvgIpc) is 3.31. The van der Waals surface area contributed by atoms with Crippen LogP contribution in [0.25, 0.3) is 21.9 Å². The molecule has 3 heterocycles. The summed E-state index contributed by atoms with van der Waals surface area (Å²) >= 11 is 6.52. The molecule has 2 aromatic heterocycles. The maximum Gasteiger partial charge on any atom is 0.410 e. The zero-order valence-corrected chi connectivity index (χ0v) is 21.0. The lowest BCUT2D eigenvalue weighted by atomic mass is 10.1. The van der Waals surface area contributed by atoms with Crippen molar-refractivity contribution in [1.82, 2.24) is 9.47 Å². The maximum absolute atomic E-state index is 13.7. The second kappa shape index (κ2) is 7.78. The van der Waals surface area contributed by atoms with Crippen molar-refractivity contribution in [1.29, 1.82) is 0 Å². The van der Waals surface area contributed by atoms with E-state index in [1.807, 2.05) is 46.0 Å². The van der Waals surface area contributed by atoms with Crippen molar-refractivity contribution in [3.63, 3.8) is 0 Å². The van der Waals surface area contributed by atoms with Crippen LogP contribution in [0, 0.1) is 0 Å². The van der Waals surface area contributed by atoms with E-state index in [0.717, 1.165) is 11.1 Å². The molecule has 5 rings (SSSR count). The smallest absolute Gasteiger partial charge is 0.410 e. The molecule has 7 nitrogen and oxygen atoms in total. The van der Waals surface area contributed by atoms with Crippen LogP contribution < -0.4 is 0 Å². The molecule has 0 aliphatic carbocycles. The minimum Gasteiger partial charge on any atom is -0.459 e. The molecule has 0 bridgehead atoms. The van der Waals surface area contributed by atoms with Crippen LogP contribution in [0.2, 0.25) is 5.02 Å². The molecule has 1 amide bonds. The molecule has 0 saturated carbocycles. The topological polar surface area (TPSA) is 81.8 Å². The number of aromatic nitrogens is 1. The van der Waals surface area contributed by atoms with Gasteiger partial charge in [0.15, 0.2) is 5.58 Å². The quantitative estimate of drug-likeness (QED) is 0.352. The van der Waals surface area contributed by atoms with E-state index in [4.69, 9.17) is 20.8 Å². The molecule has 0 unspecified atom stereocenters. The number of rotatable bonds is 2. The second-order valence-corrected chi connectivity index (χ2v) is 11.9. The summed E-state index contributed by atoms with van der Waals surface area (Å²) in [5.74, 6) is 0.705. The first-order valence-corrected chi connectivity index (χ1v) is 12.8. The normalized spacial score (nSPS) is 14.6. The molecule has 4 aromatic rings. The van der Waals surface area contributed by atoms with E-state index in [-0.39, 0.29) is 21.4 Å². The van der Waals surface area contributed by atoms with Gasteiger partial charge < -0.3 is 18.6 Å². The molecule has 1 aliphatic rings. The number of aryl methyl sites for hydroxylation is 1. The molecule has 0 spiro atoms. The van der Waals surface area contributed by atoms with Crippen molar-refractivity contribution in [3.8, 4) is 0 Å². The highest BCUT2D eigenvalue weighted by Crippen LogP contribution is 2.39. The summed E-state index contributed by atoms with van der Waals surface area (Å²) in [5.41, 5.74) is 1.39. The van der Waals surface area contributed by atoms with E-state index >= 15 is 0 Å². The van der Waals surface area contributed by atoms with Gasteiger partial charge in [0.05, 0.1) is 21.4 Å². The number of hydrogen-bond acceptors (Lipinski definition) is 5. The number of ether oxygens (including phenoxy) is 1. The number of amides is 1. The van der Waals surface area contributed by atoms with E-state index < -0.39 is 21.5 Å². The molecular weight excluding hydrogens is 476 g/mol. The molecule has 0 atom stereocenters. The van der Waals surface area contributed by atoms with Gasteiger partial charge in [0.25, 0.3) is 0 Å². The summed E-state index contributed by atoms with van der Waals surface area (Å²) < 4.78 is 40.7. The van der Waals surface area contributed by atoms with Crippen molar-refractivity contribution in [2.45, 2.75) is 49.1 Å². The first-order valence-electron chi connectivity index (χ1n) is 11.0. The van der Waals surface area contributed by atoms with Gasteiger partial charge in [-0.25, -0.2) is 13.2 Å². The number of halogens is 1. The molecule has 1 aliphatic heterocycles. The Labute approximate surface area is 202 Å². The van der Waals surface area contributed by atoms with E-state index in [0.29, 0.717) is 35.1 Å². The van der Waals surface area contributed by atoms with E-state index in [9.17, 15) is 13.2 Å². The largest absolute Gasteiger partial charge is 0.459 e. The number of sulfone groups is 1. The van der Waals surface area contributed by atoms with Gasteiger partial charge in [0.2, 0.25) is 9.84 Å². The monoisotopic (exact) mass is 500 g/mol. The molecule has 34 heavy (non-hydrogen) atoms. The summed E-state index contributed by atoms with van der Waals surface area (Å²) in [6.45, 7) is 6.15. The third kappa shape index (κ3) is 3.75. The summed E-state index contributed by atoms with van der Waals surface area (Å²) in [6, 6.07) is 10.4. The Morgan fingerprint density at radius 2 is 1.88 bits per heavy atom. The lowest BCUT2D eigenvalue weighted by Crippen LogP contribution is -2.39. The van der Waals surface area contributed by atoms with Crippen LogP contribution in [0.1, 0.15) is 32.1 Å². The predicted octanol–water partition coefficient (Wildman–Crippen LogP) is 5.70. The first-order chi connectivity index (χ1) is 16.0. The molecule has 0 saturated heterocycles. The minimum absolute atomic E-state index is 0.0827. The van der Waals surface area contributed by atoms with Crippen LogP contribution in [-0.4, -0.2) is 36.1 Å². The molecule has 0 N–H and O–H groups in total. The maximum atomic E-state index is 13.7. The Morgan fingerprint density at radius 3 is 2.62 bits per heavy atom. The van der Waals surface area contributed by atoms with Crippen LogP contribution in [-0.2, 0) is 34.6 Å². The van der Waals surface area contributed by atoms with Crippen LogP contribution >= 0.6 is 11.6 Å². The molecule has 0 radical (unpaired) electrons. The second-order valence-electron chi connectivity index (χ2n) is 9.56. The lowest BCUT2D eigenvalue weighted by Gasteiger charge is -2.29. The van der Waals surface area contributed by atoms with Gasteiger partial charge in [-0.05, 0) is 39.0 Å². The highest BCUT2D eigenvalue weighted by Gasteiger charge is 2.31. The highest BCUT2D eigenvalue weighted by atomic mass is 35.5. The van der Waals surface area contributed by atoms with Crippen LogP contribution in [0.4, 0.5) is 4.79 Å². The summed E-state index contributed by atoms with van der Waals surface area (Å²) in [5, 5.41) is 1.45. The molecule has 9 heteroatoms. The summed E-state index contributed by atoms with van der Waals surface area (Å²) in [7, 11) is -2.05. The Kier molecular flexibility index (Phi) is 5.22. The minimum atomic E-state index is -3.87. The number of benzene rings is 2. The number of fused-ring (bicyclic) bond motifs is 4. The van der Waals surface area contributed by atoms with Crippen molar-refractivity contribution in [2.75, 3.05) is 6.54 Å². The zero-order chi connectivity index (χ0) is 24.4. The van der Waals surface area contributed by atoms with Crippen LogP contribution in [0.3, 0.4) is 0 Å². The van der Waals surface area contributed by atoms with Crippen molar-refractivity contribution < 1.29 is 22.4 Å². The number of hydrogen-bond donors (Lipinski definition) is 0. The third-order valence-corrected chi connectivity index (χ3v) is 8.02. The number of carbonyl (C=O) groups is 1. The Morgan fingerprint density at radius 1 is 1.15 bits per heavy atom. The van der Waals surface area contributed by atoms with E-state index in [1.54, 1.807) is 27.8 Å². The van der Waals surface area contributed by atoms with Crippen molar-refractivity contribution in [3.05, 3.63) is 58.9 Å². The molecular formula is C25H25ClN2O5S. The van der Waals surface area contributed by atoms with Gasteiger partial charge in [-0.2, -0.15) is 0 Å². The van der Waals surface area contributed by atoms with Crippen molar-refractivity contribution in [2.24, 2.45) is 7.05 Å². The fraction of sp³-hybridized carbons (Fsp3) is 0.320. The predicted molar refractivity (Wildman–Crippen MR) is 130 cm³/mol. The Bertz CT molecular complexity index is 1560. The van der Waals surface area contributed by atoms with E-state index in [2.05, 4.69) is 0 Å². The number of carbonyl (C=O) groups excluding carboxylic acids is 1. The van der Waals surface area contributed by atoms with Gasteiger partial charge >= 0.3 is 6.09 Å². The standard InChI is InChI=1S/C25H25ClN2O5S/c1-25(2,3)33-24(29)28-10-9-21-18(13-28)17-11-15(12-19(26)23(17)32-21)34(30,31)22-14-27(4)20-8-6-5-7-16(20)22/h5-8,11-12,14H,9-10,13H2,1-4H3. The van der Waals surface area contributed by atoms with Crippen molar-refractivity contribution >= 4 is 49.4 Å². The fourth-order valence-corrected chi connectivity index (χ4v) is 6.28. The van der Waals surface area contributed by atoms with Gasteiger partial charge in [-0.3, -0.25) is 0 Å². The average molecular weight is 501 g/mol. The third-order valence-electron chi connectivity index (χ3n) is 5.97. The van der Waals surface area contributed by atoms with Gasteiger partial charge in [0.1, 0.15) is 11.4 Å². The summed E-state index contributed by atoms with van der Waals surface area (Å²) in [6.07, 6.45) is 1.69. The van der Waals surface area contributed by atoms with Gasteiger partial charge in [-0.15, -0.1) is 0 Å². The number of nitrogens with zero attached hydrogens (tertiary/aromatic N) is 2. The SMILES string of the molecule is Cn1cc(S(=O)(=O)c2cc(Cl)c3oc4c(c3c2)CN(C(=O)OC(C)(C)C)CC4)c2ccccc21. The Hall–Kier alpha value is -2.97. The van der Waals surface area contributed by atoms with Crippen LogP contribution in [0.15, 0.2) is 56.8 Å². The molecule has 2 aromatic carbocycles. The van der Waals surface area contributed by atoms with Crippen LogP contribution in [0.5, 0.6) is 0 Å². The van der Waals surface area contributed by atoms with Gasteiger partial charge in [0, 0.05) is 48.1 Å². The first kappa shape index (κ1) is 22.8. The van der Waals surface area contributed by atoms with Gasteiger partial charge in [-0.1, -0.05) is 29.8 Å². The molecule has 0 fully saturated rings.